The topological polar surface area (TPSA) is 6.48 Å². The summed E-state index contributed by atoms with van der Waals surface area (Å²) >= 11 is 1.93. The van der Waals surface area contributed by atoms with E-state index in [1.165, 1.54) is 38.9 Å². The lowest BCUT2D eigenvalue weighted by atomic mass is 9.92. The maximum atomic E-state index is 2.79. The zero-order valence-electron chi connectivity index (χ0n) is 13.1. The van der Waals surface area contributed by atoms with Crippen LogP contribution < -0.4 is 0 Å². The van der Waals surface area contributed by atoms with Gasteiger partial charge in [-0.05, 0) is 43.7 Å². The van der Waals surface area contributed by atoms with Crippen LogP contribution in [0.2, 0.25) is 0 Å². The van der Waals surface area contributed by atoms with Gasteiger partial charge in [-0.2, -0.15) is 0 Å². The lowest BCUT2D eigenvalue weighted by molar-refractivity contribution is -0.0184. The van der Waals surface area contributed by atoms with E-state index in [1.807, 2.05) is 11.3 Å². The largest absolute Gasteiger partial charge is 0.298 e. The summed E-state index contributed by atoms with van der Waals surface area (Å²) in [6.07, 6.45) is 4.23. The Labute approximate surface area is 127 Å². The van der Waals surface area contributed by atoms with E-state index in [0.29, 0.717) is 18.0 Å². The van der Waals surface area contributed by atoms with Gasteiger partial charge in [0, 0.05) is 36.1 Å². The fraction of sp³-hybridized carbons (Fsp3) is 0.765. The predicted molar refractivity (Wildman–Crippen MR) is 87.3 cm³/mol. The van der Waals surface area contributed by atoms with Crippen LogP contribution in [0.3, 0.4) is 0 Å². The second-order valence-corrected chi connectivity index (χ2v) is 7.87. The molecule has 20 heavy (non-hydrogen) atoms. The number of thiophene rings is 1. The molecule has 0 spiro atoms. The van der Waals surface area contributed by atoms with Crippen LogP contribution in [0.15, 0.2) is 17.5 Å². The van der Waals surface area contributed by atoms with Gasteiger partial charge < -0.3 is 0 Å². The van der Waals surface area contributed by atoms with E-state index in [2.05, 4.69) is 48.1 Å². The van der Waals surface area contributed by atoms with Crippen LogP contribution >= 0.6 is 11.3 Å². The summed E-state index contributed by atoms with van der Waals surface area (Å²) in [6, 6.07) is 6.63. The normalized spacial score (nSPS) is 30.4. The molecule has 1 aromatic rings. The zero-order valence-corrected chi connectivity index (χ0v) is 13.9. The minimum absolute atomic E-state index is 0.606. The van der Waals surface area contributed by atoms with Gasteiger partial charge >= 0.3 is 0 Å². The van der Waals surface area contributed by atoms with Crippen LogP contribution in [-0.2, 0) is 0 Å². The van der Waals surface area contributed by atoms with E-state index in [0.717, 1.165) is 6.04 Å². The molecule has 2 fully saturated rings. The van der Waals surface area contributed by atoms with Gasteiger partial charge in [0.25, 0.3) is 0 Å². The Morgan fingerprint density at radius 1 is 1.25 bits per heavy atom. The number of rotatable bonds is 3. The second-order valence-electron chi connectivity index (χ2n) is 6.89. The van der Waals surface area contributed by atoms with Gasteiger partial charge in [-0.1, -0.05) is 26.3 Å². The first-order valence-corrected chi connectivity index (χ1v) is 9.08. The van der Waals surface area contributed by atoms with Crippen molar-refractivity contribution in [2.24, 2.45) is 5.92 Å². The second kappa shape index (κ2) is 6.17. The molecule has 112 valence electrons. The molecule has 3 unspecified atom stereocenters. The van der Waals surface area contributed by atoms with Crippen LogP contribution in [0, 0.1) is 5.92 Å². The molecule has 3 heterocycles. The van der Waals surface area contributed by atoms with Crippen molar-refractivity contribution in [1.29, 1.82) is 0 Å². The maximum absolute atomic E-state index is 2.79. The minimum atomic E-state index is 0.606. The first-order chi connectivity index (χ1) is 9.66. The van der Waals surface area contributed by atoms with Crippen molar-refractivity contribution in [2.45, 2.75) is 58.2 Å². The van der Waals surface area contributed by atoms with E-state index in [1.54, 1.807) is 4.88 Å². The zero-order chi connectivity index (χ0) is 14.1. The highest BCUT2D eigenvalue weighted by Crippen LogP contribution is 2.36. The summed E-state index contributed by atoms with van der Waals surface area (Å²) in [4.78, 5) is 7.09. The fourth-order valence-corrected chi connectivity index (χ4v) is 5.12. The van der Waals surface area contributed by atoms with Crippen LogP contribution in [0.1, 0.15) is 51.0 Å². The SMILES string of the molecule is CC(C)C(c1cccs1)N1CC2CCCCN2CC1C. The molecule has 0 saturated carbocycles. The minimum Gasteiger partial charge on any atom is -0.298 e. The average molecular weight is 292 g/mol. The molecule has 3 rings (SSSR count). The highest BCUT2D eigenvalue weighted by atomic mass is 32.1. The fourth-order valence-electron chi connectivity index (χ4n) is 4.10. The van der Waals surface area contributed by atoms with E-state index < -0.39 is 0 Å². The Balaban J connectivity index is 1.80. The molecule has 2 aliphatic rings. The Kier molecular flexibility index (Phi) is 4.49. The lowest BCUT2D eigenvalue weighted by Crippen LogP contribution is -2.59. The number of fused-ring (bicyclic) bond motifs is 1. The molecular formula is C17H28N2S. The highest BCUT2D eigenvalue weighted by molar-refractivity contribution is 7.10. The Morgan fingerprint density at radius 3 is 2.80 bits per heavy atom. The van der Waals surface area contributed by atoms with Crippen molar-refractivity contribution in [3.63, 3.8) is 0 Å². The summed E-state index contributed by atoms with van der Waals surface area (Å²) in [5.74, 6) is 0.686. The van der Waals surface area contributed by atoms with Crippen molar-refractivity contribution >= 4 is 11.3 Å². The third-order valence-corrected chi connectivity index (χ3v) is 6.00. The number of hydrogen-bond acceptors (Lipinski definition) is 3. The van der Waals surface area contributed by atoms with E-state index in [-0.39, 0.29) is 0 Å². The van der Waals surface area contributed by atoms with Crippen LogP contribution in [0.4, 0.5) is 0 Å². The van der Waals surface area contributed by atoms with Crippen molar-refractivity contribution in [1.82, 2.24) is 9.80 Å². The number of nitrogens with zero attached hydrogens (tertiary/aromatic N) is 2. The summed E-state index contributed by atoms with van der Waals surface area (Å²) in [5, 5.41) is 2.23. The molecule has 2 aliphatic heterocycles. The lowest BCUT2D eigenvalue weighted by Gasteiger charge is -2.50. The first kappa shape index (κ1) is 14.6. The summed E-state index contributed by atoms with van der Waals surface area (Å²) in [7, 11) is 0. The maximum Gasteiger partial charge on any atom is 0.0468 e. The van der Waals surface area contributed by atoms with Crippen LogP contribution in [-0.4, -0.2) is 41.5 Å². The van der Waals surface area contributed by atoms with Gasteiger partial charge in [-0.15, -0.1) is 11.3 Å². The molecule has 0 radical (unpaired) electrons. The van der Waals surface area contributed by atoms with Crippen molar-refractivity contribution < 1.29 is 0 Å². The van der Waals surface area contributed by atoms with Crippen molar-refractivity contribution in [3.05, 3.63) is 22.4 Å². The van der Waals surface area contributed by atoms with Gasteiger partial charge in [0.1, 0.15) is 0 Å². The summed E-state index contributed by atoms with van der Waals surface area (Å²) < 4.78 is 0. The molecule has 0 N–H and O–H groups in total. The van der Waals surface area contributed by atoms with Gasteiger partial charge in [-0.3, -0.25) is 9.80 Å². The standard InChI is InChI=1S/C17H28N2S/c1-13(2)17(16-8-6-10-20-16)19-12-15-7-4-5-9-18(15)11-14(19)3/h6,8,10,13-15,17H,4-5,7,9,11-12H2,1-3H3. The van der Waals surface area contributed by atoms with Crippen molar-refractivity contribution in [3.8, 4) is 0 Å². The molecular weight excluding hydrogens is 264 g/mol. The molecule has 0 bridgehead atoms. The van der Waals surface area contributed by atoms with Crippen LogP contribution in [0.25, 0.3) is 0 Å². The molecule has 1 aromatic heterocycles. The first-order valence-electron chi connectivity index (χ1n) is 8.20. The Morgan fingerprint density at radius 2 is 2.10 bits per heavy atom. The third-order valence-electron chi connectivity index (χ3n) is 5.06. The van der Waals surface area contributed by atoms with Gasteiger partial charge in [0.15, 0.2) is 0 Å². The Bertz CT molecular complexity index is 415. The number of piperidine rings is 1. The summed E-state index contributed by atoms with van der Waals surface area (Å²) in [5.41, 5.74) is 0. The van der Waals surface area contributed by atoms with Crippen molar-refractivity contribution in [2.75, 3.05) is 19.6 Å². The molecule has 3 heteroatoms. The number of piperazine rings is 1. The van der Waals surface area contributed by atoms with Gasteiger partial charge in [0.2, 0.25) is 0 Å². The molecule has 0 aromatic carbocycles. The summed E-state index contributed by atoms with van der Waals surface area (Å²) in [6.45, 7) is 11.0. The molecule has 3 atom stereocenters. The van der Waals surface area contributed by atoms with E-state index in [4.69, 9.17) is 0 Å². The molecule has 2 saturated heterocycles. The van der Waals surface area contributed by atoms with E-state index in [9.17, 15) is 0 Å². The predicted octanol–water partition coefficient (Wildman–Crippen LogP) is 4.00. The highest BCUT2D eigenvalue weighted by Gasteiger charge is 2.37. The monoisotopic (exact) mass is 292 g/mol. The third kappa shape index (κ3) is 2.81. The van der Waals surface area contributed by atoms with E-state index >= 15 is 0 Å². The molecule has 0 aliphatic carbocycles. The van der Waals surface area contributed by atoms with Gasteiger partial charge in [-0.25, -0.2) is 0 Å². The number of hydrogen-bond donors (Lipinski definition) is 0. The Hall–Kier alpha value is -0.380. The quantitative estimate of drug-likeness (QED) is 0.830. The van der Waals surface area contributed by atoms with Crippen LogP contribution in [0.5, 0.6) is 0 Å². The molecule has 2 nitrogen and oxygen atoms in total. The average Bonchev–Trinajstić information content (AvgIpc) is 2.93. The smallest absolute Gasteiger partial charge is 0.0468 e. The molecule has 0 amide bonds. The van der Waals surface area contributed by atoms with Gasteiger partial charge in [0.05, 0.1) is 0 Å².